The molecule has 1 spiro atoms. The molecule has 2 amide bonds. The topological polar surface area (TPSA) is 114 Å². The van der Waals surface area contributed by atoms with Crippen LogP contribution in [0.3, 0.4) is 0 Å². The highest BCUT2D eigenvalue weighted by Crippen LogP contribution is 2.42. The number of benzene rings is 1. The van der Waals surface area contributed by atoms with Gasteiger partial charge in [-0.3, -0.25) is 14.5 Å². The summed E-state index contributed by atoms with van der Waals surface area (Å²) in [7, 11) is 2.21. The van der Waals surface area contributed by atoms with Crippen molar-refractivity contribution in [3.8, 4) is 0 Å². The number of piperidine rings is 1. The van der Waals surface area contributed by atoms with E-state index in [1.807, 2.05) is 24.0 Å². The quantitative estimate of drug-likeness (QED) is 0.441. The van der Waals surface area contributed by atoms with E-state index in [-0.39, 0.29) is 17.0 Å². The summed E-state index contributed by atoms with van der Waals surface area (Å²) in [6.45, 7) is 15.6. The van der Waals surface area contributed by atoms with Crippen LogP contribution in [0.1, 0.15) is 48.8 Å². The molecule has 6 rings (SSSR count). The third-order valence-corrected chi connectivity index (χ3v) is 10.2. The van der Waals surface area contributed by atoms with Gasteiger partial charge in [0.15, 0.2) is 17.3 Å². The second-order valence-electron chi connectivity index (χ2n) is 13.0. The highest BCUT2D eigenvalue weighted by Gasteiger charge is 2.45. The Morgan fingerprint density at radius 1 is 0.977 bits per heavy atom. The molecule has 5 heterocycles. The third kappa shape index (κ3) is 6.25. The van der Waals surface area contributed by atoms with Crippen LogP contribution in [0.25, 0.3) is 0 Å². The molecule has 4 saturated heterocycles. The Labute approximate surface area is 261 Å². The molecule has 4 aliphatic heterocycles. The van der Waals surface area contributed by atoms with Crippen molar-refractivity contribution in [2.45, 2.75) is 45.1 Å². The van der Waals surface area contributed by atoms with E-state index in [1.54, 1.807) is 0 Å². The number of aryl methyl sites for hydroxylation is 1. The highest BCUT2D eigenvalue weighted by molar-refractivity contribution is 5.96. The van der Waals surface area contributed by atoms with Crippen molar-refractivity contribution in [3.05, 3.63) is 48.3 Å². The van der Waals surface area contributed by atoms with Gasteiger partial charge < -0.3 is 30.7 Å². The normalized spacial score (nSPS) is 23.5. The van der Waals surface area contributed by atoms with E-state index in [0.29, 0.717) is 18.3 Å². The van der Waals surface area contributed by atoms with Crippen molar-refractivity contribution in [2.75, 3.05) is 87.6 Å². The van der Waals surface area contributed by atoms with Gasteiger partial charge in [-0.25, -0.2) is 9.97 Å². The number of primary amides is 1. The van der Waals surface area contributed by atoms with Gasteiger partial charge in [-0.15, -0.1) is 0 Å². The molecule has 1 aromatic carbocycles. The summed E-state index contributed by atoms with van der Waals surface area (Å²) in [5.41, 5.74) is 8.77. The van der Waals surface area contributed by atoms with Gasteiger partial charge in [0.1, 0.15) is 0 Å². The number of nitrogens with zero attached hydrogens (tertiary/aromatic N) is 7. The molecule has 3 N–H and O–H groups in total. The van der Waals surface area contributed by atoms with Crippen LogP contribution in [0, 0.1) is 5.41 Å². The molecule has 44 heavy (non-hydrogen) atoms. The summed E-state index contributed by atoms with van der Waals surface area (Å²) in [4.78, 5) is 46.1. The fourth-order valence-corrected chi connectivity index (χ4v) is 7.48. The van der Waals surface area contributed by atoms with Crippen LogP contribution in [-0.2, 0) is 11.2 Å². The first-order valence-corrected chi connectivity index (χ1v) is 16.2. The first-order chi connectivity index (χ1) is 21.3. The summed E-state index contributed by atoms with van der Waals surface area (Å²) in [5, 5.41) is 3.35. The Kier molecular flexibility index (Phi) is 8.77. The predicted octanol–water partition coefficient (Wildman–Crippen LogP) is 2.71. The molecule has 11 heteroatoms. The van der Waals surface area contributed by atoms with Crippen LogP contribution in [0.5, 0.6) is 0 Å². The number of hydrogen-bond acceptors (Lipinski definition) is 9. The van der Waals surface area contributed by atoms with E-state index in [1.165, 1.54) is 37.7 Å². The van der Waals surface area contributed by atoms with Gasteiger partial charge in [0.25, 0.3) is 5.91 Å². The standard InChI is InChI=1S/C33H47N9O2/c1-4-27-32(42-17-13-33(23-42)12-16-41(22-33)28(43)5-2)37-31(29(36-27)30(34)44)35-24-6-8-25(9-7-24)39-14-10-26(11-15-39)40-20-18-38(3)19-21-40/h5-9,26H,2,4,10-23H2,1,3H3,(H2,34,44)(H,35,37). The average molecular weight is 602 g/mol. The Bertz CT molecular complexity index is 1370. The van der Waals surface area contributed by atoms with Crippen molar-refractivity contribution in [1.29, 1.82) is 0 Å². The van der Waals surface area contributed by atoms with Crippen molar-refractivity contribution < 1.29 is 9.59 Å². The maximum atomic E-state index is 12.5. The predicted molar refractivity (Wildman–Crippen MR) is 175 cm³/mol. The molecule has 1 unspecified atom stereocenters. The number of amides is 2. The molecule has 0 aliphatic carbocycles. The molecule has 0 radical (unpaired) electrons. The number of hydrogen-bond donors (Lipinski definition) is 2. The van der Waals surface area contributed by atoms with E-state index < -0.39 is 5.91 Å². The zero-order valence-electron chi connectivity index (χ0n) is 26.3. The minimum atomic E-state index is -0.603. The number of likely N-dealkylation sites (N-methyl/N-ethyl adjacent to an activating group) is 1. The van der Waals surface area contributed by atoms with E-state index >= 15 is 0 Å². The van der Waals surface area contributed by atoms with Crippen LogP contribution < -0.4 is 20.9 Å². The lowest BCUT2D eigenvalue weighted by Crippen LogP contribution is -2.52. The smallest absolute Gasteiger partial charge is 0.271 e. The summed E-state index contributed by atoms with van der Waals surface area (Å²) in [6, 6.07) is 9.03. The number of carbonyl (C=O) groups excluding carboxylic acids is 2. The summed E-state index contributed by atoms with van der Waals surface area (Å²) >= 11 is 0. The van der Waals surface area contributed by atoms with Gasteiger partial charge in [0.2, 0.25) is 5.91 Å². The zero-order chi connectivity index (χ0) is 30.8. The first kappa shape index (κ1) is 30.3. The average Bonchev–Trinajstić information content (AvgIpc) is 3.67. The molecule has 4 fully saturated rings. The minimum Gasteiger partial charge on any atom is -0.371 e. The van der Waals surface area contributed by atoms with E-state index in [2.05, 4.69) is 50.7 Å². The monoisotopic (exact) mass is 601 g/mol. The molecule has 1 aromatic heterocycles. The van der Waals surface area contributed by atoms with Gasteiger partial charge in [0.05, 0.1) is 5.69 Å². The van der Waals surface area contributed by atoms with Crippen molar-refractivity contribution in [3.63, 3.8) is 0 Å². The number of nitrogens with two attached hydrogens (primary N) is 1. The molecule has 0 saturated carbocycles. The summed E-state index contributed by atoms with van der Waals surface area (Å²) < 4.78 is 0. The second-order valence-corrected chi connectivity index (χ2v) is 13.0. The third-order valence-electron chi connectivity index (χ3n) is 10.2. The molecular formula is C33H47N9O2. The fourth-order valence-electron chi connectivity index (χ4n) is 7.48. The zero-order valence-corrected chi connectivity index (χ0v) is 26.3. The number of piperazine rings is 1. The number of anilines is 4. The van der Waals surface area contributed by atoms with E-state index in [0.717, 1.165) is 82.4 Å². The Morgan fingerprint density at radius 3 is 2.34 bits per heavy atom. The van der Waals surface area contributed by atoms with Gasteiger partial charge in [-0.2, -0.15) is 0 Å². The lowest BCUT2D eigenvalue weighted by atomic mass is 9.86. The van der Waals surface area contributed by atoms with Crippen molar-refractivity contribution in [2.24, 2.45) is 11.1 Å². The molecule has 1 atom stereocenters. The van der Waals surface area contributed by atoms with Gasteiger partial charge in [0, 0.05) is 88.3 Å². The van der Waals surface area contributed by atoms with Gasteiger partial charge >= 0.3 is 0 Å². The molecule has 2 aromatic rings. The molecule has 11 nitrogen and oxygen atoms in total. The minimum absolute atomic E-state index is 0.00665. The highest BCUT2D eigenvalue weighted by atomic mass is 16.2. The van der Waals surface area contributed by atoms with Gasteiger partial charge in [-0.1, -0.05) is 13.5 Å². The molecular weight excluding hydrogens is 554 g/mol. The summed E-state index contributed by atoms with van der Waals surface area (Å²) in [6.07, 6.45) is 6.35. The second kappa shape index (κ2) is 12.7. The Balaban J connectivity index is 1.14. The maximum absolute atomic E-state index is 12.5. The van der Waals surface area contributed by atoms with Crippen LogP contribution in [0.2, 0.25) is 0 Å². The summed E-state index contributed by atoms with van der Waals surface area (Å²) in [5.74, 6) is 0.549. The largest absolute Gasteiger partial charge is 0.371 e. The lowest BCUT2D eigenvalue weighted by Gasteiger charge is -2.42. The van der Waals surface area contributed by atoms with Crippen molar-refractivity contribution in [1.82, 2.24) is 24.7 Å². The van der Waals surface area contributed by atoms with E-state index in [9.17, 15) is 9.59 Å². The van der Waals surface area contributed by atoms with Crippen molar-refractivity contribution >= 4 is 34.8 Å². The van der Waals surface area contributed by atoms with Crippen LogP contribution in [-0.4, -0.2) is 115 Å². The maximum Gasteiger partial charge on any atom is 0.271 e. The molecule has 0 bridgehead atoms. The number of carbonyl (C=O) groups is 2. The van der Waals surface area contributed by atoms with Crippen LogP contribution in [0.15, 0.2) is 36.9 Å². The SMILES string of the molecule is C=CC(=O)N1CCC2(CCN(c3nc(Nc4ccc(N5CCC(N6CCN(C)CC6)CC5)cc4)c(C(N)=O)nc3CC)C2)C1. The fraction of sp³-hybridized carbons (Fsp3) is 0.576. The lowest BCUT2D eigenvalue weighted by molar-refractivity contribution is -0.125. The van der Waals surface area contributed by atoms with E-state index in [4.69, 9.17) is 15.7 Å². The van der Waals surface area contributed by atoms with Crippen LogP contribution in [0.4, 0.5) is 23.0 Å². The Morgan fingerprint density at radius 2 is 1.68 bits per heavy atom. The number of rotatable bonds is 8. The first-order valence-electron chi connectivity index (χ1n) is 16.2. The van der Waals surface area contributed by atoms with Crippen LogP contribution >= 0.6 is 0 Å². The number of likely N-dealkylation sites (tertiary alicyclic amines) is 1. The molecule has 236 valence electrons. The number of nitrogens with one attached hydrogen (secondary N) is 1. The Hall–Kier alpha value is -3.70. The molecule has 4 aliphatic rings. The number of aromatic nitrogens is 2. The van der Waals surface area contributed by atoms with Gasteiger partial charge in [-0.05, 0) is 69.5 Å².